The Bertz CT molecular complexity index is 1220. The van der Waals surface area contributed by atoms with Gasteiger partial charge in [-0.25, -0.2) is 14.4 Å². The summed E-state index contributed by atoms with van der Waals surface area (Å²) >= 11 is 0. The van der Waals surface area contributed by atoms with E-state index in [9.17, 15) is 4.39 Å². The first-order valence-corrected chi connectivity index (χ1v) is 9.29. The van der Waals surface area contributed by atoms with Crippen molar-refractivity contribution in [3.63, 3.8) is 0 Å². The summed E-state index contributed by atoms with van der Waals surface area (Å²) in [5.74, 6) is 1.54. The first-order chi connectivity index (χ1) is 14.6. The molecule has 0 aliphatic heterocycles. The number of fused-ring (bicyclic) bond motifs is 1. The third-order valence-electron chi connectivity index (χ3n) is 4.75. The minimum absolute atomic E-state index is 0.310. The fraction of sp³-hybridized carbons (Fsp3) is 0.0833. The molecule has 0 radical (unpaired) electrons. The van der Waals surface area contributed by atoms with Crippen LogP contribution in [0.1, 0.15) is 5.56 Å². The molecule has 0 saturated heterocycles. The fourth-order valence-electron chi connectivity index (χ4n) is 3.27. The van der Waals surface area contributed by atoms with E-state index in [0.29, 0.717) is 28.4 Å². The predicted molar refractivity (Wildman–Crippen MR) is 118 cm³/mol. The number of hydrogen-bond donors (Lipinski definition) is 1. The lowest BCUT2D eigenvalue weighted by molar-refractivity contribution is 0.395. The van der Waals surface area contributed by atoms with Crippen LogP contribution in [0.3, 0.4) is 0 Å². The van der Waals surface area contributed by atoms with E-state index in [0.717, 1.165) is 22.4 Å². The zero-order chi connectivity index (χ0) is 21.1. The number of rotatable bonds is 6. The molecule has 1 N–H and O–H groups in total. The van der Waals surface area contributed by atoms with Crippen molar-refractivity contribution in [3.8, 4) is 22.6 Å². The lowest BCUT2D eigenvalue weighted by Gasteiger charge is -2.15. The minimum atomic E-state index is -0.310. The topological polar surface area (TPSA) is 56.3 Å². The van der Waals surface area contributed by atoms with E-state index in [4.69, 9.17) is 9.47 Å². The van der Waals surface area contributed by atoms with Crippen LogP contribution >= 0.6 is 0 Å². The molecule has 150 valence electrons. The van der Waals surface area contributed by atoms with Crippen molar-refractivity contribution in [3.05, 3.63) is 78.8 Å². The highest BCUT2D eigenvalue weighted by molar-refractivity contribution is 5.82. The molecule has 0 aliphatic rings. The summed E-state index contributed by atoms with van der Waals surface area (Å²) in [5.41, 5.74) is 4.32. The fourth-order valence-corrected chi connectivity index (χ4v) is 3.27. The lowest BCUT2D eigenvalue weighted by atomic mass is 9.97. The van der Waals surface area contributed by atoms with Crippen molar-refractivity contribution in [1.29, 1.82) is 0 Å². The van der Waals surface area contributed by atoms with Crippen molar-refractivity contribution in [2.45, 2.75) is 0 Å². The molecule has 30 heavy (non-hydrogen) atoms. The number of aromatic nitrogens is 2. The maximum atomic E-state index is 13.3. The molecule has 0 bridgehead atoms. The second kappa shape index (κ2) is 8.21. The Morgan fingerprint density at radius 3 is 2.50 bits per heavy atom. The summed E-state index contributed by atoms with van der Waals surface area (Å²) in [7, 11) is 3.25. The van der Waals surface area contributed by atoms with Gasteiger partial charge in [0.05, 0.1) is 19.7 Å². The second-order valence-electron chi connectivity index (χ2n) is 6.60. The molecule has 6 heteroatoms. The predicted octanol–water partition coefficient (Wildman–Crippen LogP) is 5.84. The first kappa shape index (κ1) is 19.4. The van der Waals surface area contributed by atoms with Gasteiger partial charge in [-0.3, -0.25) is 0 Å². The number of nitrogens with zero attached hydrogens (tertiary/aromatic N) is 2. The van der Waals surface area contributed by atoms with Crippen molar-refractivity contribution < 1.29 is 13.9 Å². The van der Waals surface area contributed by atoms with Crippen molar-refractivity contribution in [2.24, 2.45) is 0 Å². The Balaban J connectivity index is 1.64. The first-order valence-electron chi connectivity index (χ1n) is 9.29. The Morgan fingerprint density at radius 1 is 1.00 bits per heavy atom. The van der Waals surface area contributed by atoms with Crippen molar-refractivity contribution in [1.82, 2.24) is 9.97 Å². The van der Waals surface area contributed by atoms with Crippen LogP contribution < -0.4 is 14.8 Å². The third-order valence-corrected chi connectivity index (χ3v) is 4.75. The minimum Gasteiger partial charge on any atom is -0.497 e. The van der Waals surface area contributed by atoms with Crippen molar-refractivity contribution >= 4 is 28.6 Å². The molecule has 4 aromatic rings. The molecule has 5 nitrogen and oxygen atoms in total. The lowest BCUT2D eigenvalue weighted by Crippen LogP contribution is -1.98. The summed E-state index contributed by atoms with van der Waals surface area (Å²) in [6.07, 6.45) is 3.37. The van der Waals surface area contributed by atoms with Crippen LogP contribution in [0.5, 0.6) is 11.5 Å². The highest BCUT2D eigenvalue weighted by Gasteiger charge is 2.13. The molecule has 0 aliphatic carbocycles. The van der Waals surface area contributed by atoms with Crippen LogP contribution in [0.2, 0.25) is 0 Å². The molecular weight excluding hydrogens is 381 g/mol. The van der Waals surface area contributed by atoms with Gasteiger partial charge in [-0.1, -0.05) is 24.8 Å². The Kier molecular flexibility index (Phi) is 5.30. The van der Waals surface area contributed by atoms with Gasteiger partial charge in [0, 0.05) is 28.9 Å². The zero-order valence-corrected chi connectivity index (χ0v) is 16.6. The Labute approximate surface area is 173 Å². The van der Waals surface area contributed by atoms with E-state index in [1.54, 1.807) is 32.6 Å². The maximum absolute atomic E-state index is 13.3. The van der Waals surface area contributed by atoms with Gasteiger partial charge in [-0.2, -0.15) is 0 Å². The van der Waals surface area contributed by atoms with Crippen LogP contribution in [-0.4, -0.2) is 24.2 Å². The van der Waals surface area contributed by atoms with E-state index in [1.807, 2.05) is 36.4 Å². The average molecular weight is 401 g/mol. The molecule has 1 aromatic heterocycles. The number of nitrogens with one attached hydrogen (secondary N) is 1. The molecule has 4 rings (SSSR count). The average Bonchev–Trinajstić information content (AvgIpc) is 2.78. The Morgan fingerprint density at radius 2 is 1.80 bits per heavy atom. The van der Waals surface area contributed by atoms with Gasteiger partial charge in [-0.15, -0.1) is 0 Å². The monoisotopic (exact) mass is 401 g/mol. The summed E-state index contributed by atoms with van der Waals surface area (Å²) in [6.45, 7) is 3.91. The molecular formula is C24H20FN3O2. The summed E-state index contributed by atoms with van der Waals surface area (Å²) in [4.78, 5) is 8.69. The Hall–Kier alpha value is -3.93. The second-order valence-corrected chi connectivity index (χ2v) is 6.60. The SMILES string of the molecule is C=Cc1cc(OC)cc(OC)c1-c1ccc(Nc2ncc3cc(F)ccc3n2)cc1. The summed E-state index contributed by atoms with van der Waals surface area (Å²) in [6, 6.07) is 16.0. The van der Waals surface area contributed by atoms with E-state index >= 15 is 0 Å². The van der Waals surface area contributed by atoms with E-state index in [1.165, 1.54) is 12.1 Å². The zero-order valence-electron chi connectivity index (χ0n) is 16.6. The molecule has 0 saturated carbocycles. The van der Waals surface area contributed by atoms with Gasteiger partial charge < -0.3 is 14.8 Å². The van der Waals surface area contributed by atoms with E-state index in [-0.39, 0.29) is 5.82 Å². The quantitative estimate of drug-likeness (QED) is 0.440. The molecule has 1 heterocycles. The van der Waals surface area contributed by atoms with Crippen LogP contribution in [0, 0.1) is 5.82 Å². The van der Waals surface area contributed by atoms with Crippen LogP contribution in [-0.2, 0) is 0 Å². The number of hydrogen-bond acceptors (Lipinski definition) is 5. The summed E-state index contributed by atoms with van der Waals surface area (Å²) in [5, 5.41) is 3.83. The normalized spacial score (nSPS) is 10.6. The summed E-state index contributed by atoms with van der Waals surface area (Å²) < 4.78 is 24.2. The number of benzene rings is 3. The highest BCUT2D eigenvalue weighted by Crippen LogP contribution is 2.38. The smallest absolute Gasteiger partial charge is 0.227 e. The molecule has 0 unspecified atom stereocenters. The van der Waals surface area contributed by atoms with Crippen LogP contribution in [0.4, 0.5) is 16.0 Å². The number of anilines is 2. The molecule has 0 atom stereocenters. The number of methoxy groups -OCH3 is 2. The third kappa shape index (κ3) is 3.80. The molecule has 3 aromatic carbocycles. The van der Waals surface area contributed by atoms with E-state index in [2.05, 4.69) is 21.9 Å². The maximum Gasteiger partial charge on any atom is 0.227 e. The van der Waals surface area contributed by atoms with Gasteiger partial charge in [0.2, 0.25) is 5.95 Å². The van der Waals surface area contributed by atoms with Gasteiger partial charge in [0.1, 0.15) is 17.3 Å². The van der Waals surface area contributed by atoms with Gasteiger partial charge in [0.25, 0.3) is 0 Å². The molecule has 0 fully saturated rings. The van der Waals surface area contributed by atoms with Gasteiger partial charge in [-0.05, 0) is 47.5 Å². The van der Waals surface area contributed by atoms with Gasteiger partial charge >= 0.3 is 0 Å². The highest BCUT2D eigenvalue weighted by atomic mass is 19.1. The van der Waals surface area contributed by atoms with Crippen molar-refractivity contribution in [2.75, 3.05) is 19.5 Å². The number of halogens is 1. The van der Waals surface area contributed by atoms with Crippen LogP contribution in [0.15, 0.2) is 67.4 Å². The standard InChI is InChI=1S/C24H20FN3O2/c1-4-15-12-20(29-2)13-22(30-3)23(15)16-5-8-19(9-6-16)27-24-26-14-17-11-18(25)7-10-21(17)28-24/h4-14H,1H2,2-3H3,(H,26,27,28). The van der Waals surface area contributed by atoms with Gasteiger partial charge in [0.15, 0.2) is 0 Å². The molecule has 0 spiro atoms. The largest absolute Gasteiger partial charge is 0.497 e. The van der Waals surface area contributed by atoms with E-state index < -0.39 is 0 Å². The molecule has 0 amide bonds. The van der Waals surface area contributed by atoms with Crippen LogP contribution in [0.25, 0.3) is 28.1 Å². The number of ether oxygens (including phenoxy) is 2.